The van der Waals surface area contributed by atoms with E-state index in [1.165, 1.54) is 6.07 Å². The number of rotatable bonds is 3. The van der Waals surface area contributed by atoms with Gasteiger partial charge in [-0.05, 0) is 59.7 Å². The van der Waals surface area contributed by atoms with Crippen molar-refractivity contribution in [3.05, 3.63) is 33.8 Å². The van der Waals surface area contributed by atoms with Gasteiger partial charge in [0.1, 0.15) is 0 Å². The number of carbonyl (C=O) groups excluding carboxylic acids is 1. The molecule has 1 saturated carbocycles. The SMILES string of the molecule is CCC1CCC(C(=O)c2ccc(F)c(F)c2Br)CC1. The predicted molar refractivity (Wildman–Crippen MR) is 74.1 cm³/mol. The fraction of sp³-hybridized carbons (Fsp3) is 0.533. The van der Waals surface area contributed by atoms with E-state index < -0.39 is 11.6 Å². The molecule has 1 aliphatic rings. The van der Waals surface area contributed by atoms with Crippen LogP contribution in [0.25, 0.3) is 0 Å². The van der Waals surface area contributed by atoms with Crippen molar-refractivity contribution in [3.8, 4) is 0 Å². The third kappa shape index (κ3) is 3.04. The molecule has 0 saturated heterocycles. The zero-order valence-electron chi connectivity index (χ0n) is 10.9. The van der Waals surface area contributed by atoms with Crippen LogP contribution >= 0.6 is 15.9 Å². The Labute approximate surface area is 120 Å². The summed E-state index contributed by atoms with van der Waals surface area (Å²) in [5, 5.41) is 0. The van der Waals surface area contributed by atoms with E-state index >= 15 is 0 Å². The first-order valence-electron chi connectivity index (χ1n) is 6.72. The first kappa shape index (κ1) is 14.6. The molecule has 0 N–H and O–H groups in total. The molecule has 0 bridgehead atoms. The van der Waals surface area contributed by atoms with Crippen LogP contribution in [0, 0.1) is 23.5 Å². The lowest BCUT2D eigenvalue weighted by molar-refractivity contribution is 0.0869. The van der Waals surface area contributed by atoms with Gasteiger partial charge in [0.25, 0.3) is 0 Å². The Balaban J connectivity index is 2.15. The molecule has 0 amide bonds. The highest BCUT2D eigenvalue weighted by atomic mass is 79.9. The quantitative estimate of drug-likeness (QED) is 0.554. The van der Waals surface area contributed by atoms with E-state index in [-0.39, 0.29) is 21.7 Å². The van der Waals surface area contributed by atoms with E-state index in [4.69, 9.17) is 0 Å². The van der Waals surface area contributed by atoms with E-state index in [1.54, 1.807) is 0 Å². The fourth-order valence-electron chi connectivity index (χ4n) is 2.77. The van der Waals surface area contributed by atoms with Crippen molar-refractivity contribution in [1.82, 2.24) is 0 Å². The molecule has 0 atom stereocenters. The largest absolute Gasteiger partial charge is 0.294 e. The fourth-order valence-corrected chi connectivity index (χ4v) is 3.29. The molecule has 0 spiro atoms. The molecule has 0 unspecified atom stereocenters. The van der Waals surface area contributed by atoms with E-state index in [9.17, 15) is 13.6 Å². The summed E-state index contributed by atoms with van der Waals surface area (Å²) in [6.07, 6.45) is 4.95. The molecule has 0 heterocycles. The van der Waals surface area contributed by atoms with Crippen molar-refractivity contribution in [1.29, 1.82) is 0 Å². The molecule has 104 valence electrons. The zero-order chi connectivity index (χ0) is 14.0. The molecule has 4 heteroatoms. The molecular formula is C15H17BrF2O. The van der Waals surface area contributed by atoms with E-state index in [2.05, 4.69) is 22.9 Å². The summed E-state index contributed by atoms with van der Waals surface area (Å²) in [4.78, 5) is 12.4. The second-order valence-electron chi connectivity index (χ2n) is 5.21. The maximum Gasteiger partial charge on any atom is 0.173 e. The molecule has 1 nitrogen and oxygen atoms in total. The van der Waals surface area contributed by atoms with Crippen LogP contribution < -0.4 is 0 Å². The minimum absolute atomic E-state index is 0.0462. The van der Waals surface area contributed by atoms with Gasteiger partial charge in [0.2, 0.25) is 0 Å². The van der Waals surface area contributed by atoms with Gasteiger partial charge in [-0.2, -0.15) is 0 Å². The summed E-state index contributed by atoms with van der Waals surface area (Å²) < 4.78 is 26.5. The molecule has 1 aliphatic carbocycles. The van der Waals surface area contributed by atoms with Gasteiger partial charge in [0.05, 0.1) is 4.47 Å². The Kier molecular flexibility index (Phi) is 4.71. The lowest BCUT2D eigenvalue weighted by atomic mass is 9.78. The number of halogens is 3. The van der Waals surface area contributed by atoms with Gasteiger partial charge in [0, 0.05) is 11.5 Å². The smallest absolute Gasteiger partial charge is 0.173 e. The predicted octanol–water partition coefficient (Wildman–Crippen LogP) is 5.13. The monoisotopic (exact) mass is 330 g/mol. The summed E-state index contributed by atoms with van der Waals surface area (Å²) in [7, 11) is 0. The van der Waals surface area contributed by atoms with Crippen LogP contribution in [0.2, 0.25) is 0 Å². The Bertz CT molecular complexity index is 479. The molecule has 0 aromatic heterocycles. The van der Waals surface area contributed by atoms with Gasteiger partial charge in [-0.3, -0.25) is 4.79 Å². The van der Waals surface area contributed by atoms with Gasteiger partial charge in [-0.25, -0.2) is 8.78 Å². The molecule has 1 aromatic carbocycles. The Morgan fingerprint density at radius 1 is 1.26 bits per heavy atom. The van der Waals surface area contributed by atoms with Gasteiger partial charge in [0.15, 0.2) is 17.4 Å². The molecule has 19 heavy (non-hydrogen) atoms. The number of carbonyl (C=O) groups is 1. The highest BCUT2D eigenvalue weighted by molar-refractivity contribution is 9.10. The molecule has 0 aliphatic heterocycles. The summed E-state index contributed by atoms with van der Waals surface area (Å²) in [5.74, 6) is -1.33. The topological polar surface area (TPSA) is 17.1 Å². The molecule has 1 fully saturated rings. The first-order chi connectivity index (χ1) is 9.04. The molecular weight excluding hydrogens is 314 g/mol. The van der Waals surface area contributed by atoms with Crippen LogP contribution in [-0.4, -0.2) is 5.78 Å². The van der Waals surface area contributed by atoms with Crippen molar-refractivity contribution in [2.75, 3.05) is 0 Å². The maximum absolute atomic E-state index is 13.5. The van der Waals surface area contributed by atoms with Gasteiger partial charge < -0.3 is 0 Å². The highest BCUT2D eigenvalue weighted by Gasteiger charge is 2.28. The van der Waals surface area contributed by atoms with Gasteiger partial charge in [-0.1, -0.05) is 13.3 Å². The van der Waals surface area contributed by atoms with E-state index in [1.807, 2.05) is 0 Å². The van der Waals surface area contributed by atoms with Crippen LogP contribution in [0.3, 0.4) is 0 Å². The van der Waals surface area contributed by atoms with Crippen molar-refractivity contribution < 1.29 is 13.6 Å². The lowest BCUT2D eigenvalue weighted by Crippen LogP contribution is -2.22. The number of benzene rings is 1. The summed E-state index contributed by atoms with van der Waals surface area (Å²) in [6.45, 7) is 2.17. The van der Waals surface area contributed by atoms with Crippen LogP contribution in [0.1, 0.15) is 49.4 Å². The van der Waals surface area contributed by atoms with Crippen LogP contribution in [0.4, 0.5) is 8.78 Å². The van der Waals surface area contributed by atoms with E-state index in [0.717, 1.165) is 38.2 Å². The normalized spacial score (nSPS) is 23.4. The highest BCUT2D eigenvalue weighted by Crippen LogP contribution is 2.34. The number of ketones is 1. The van der Waals surface area contributed by atoms with Gasteiger partial charge in [-0.15, -0.1) is 0 Å². The van der Waals surface area contributed by atoms with Crippen LogP contribution in [0.5, 0.6) is 0 Å². The van der Waals surface area contributed by atoms with E-state index in [0.29, 0.717) is 5.92 Å². The number of Topliss-reactive ketones (excluding diaryl/α,β-unsaturated/α-hetero) is 1. The van der Waals surface area contributed by atoms with Crippen LogP contribution in [-0.2, 0) is 0 Å². The minimum Gasteiger partial charge on any atom is -0.294 e. The summed E-state index contributed by atoms with van der Waals surface area (Å²) in [5.41, 5.74) is 0.263. The first-order valence-corrected chi connectivity index (χ1v) is 7.51. The third-order valence-electron chi connectivity index (χ3n) is 4.10. The van der Waals surface area contributed by atoms with Crippen molar-refractivity contribution in [3.63, 3.8) is 0 Å². The number of hydrogen-bond acceptors (Lipinski definition) is 1. The lowest BCUT2D eigenvalue weighted by Gasteiger charge is -2.27. The standard InChI is InChI=1S/C15H17BrF2O/c1-2-9-3-5-10(6-4-9)15(19)11-7-8-12(17)14(18)13(11)16/h7-10H,2-6H2,1H3. The second-order valence-corrected chi connectivity index (χ2v) is 6.01. The average Bonchev–Trinajstić information content (AvgIpc) is 2.44. The molecule has 0 radical (unpaired) electrons. The van der Waals surface area contributed by atoms with Crippen molar-refractivity contribution >= 4 is 21.7 Å². The average molecular weight is 331 g/mol. The van der Waals surface area contributed by atoms with Crippen molar-refractivity contribution in [2.45, 2.75) is 39.0 Å². The maximum atomic E-state index is 13.5. The third-order valence-corrected chi connectivity index (χ3v) is 4.87. The van der Waals surface area contributed by atoms with Crippen LogP contribution in [0.15, 0.2) is 16.6 Å². The Morgan fingerprint density at radius 2 is 1.89 bits per heavy atom. The summed E-state index contributed by atoms with van der Waals surface area (Å²) in [6, 6.07) is 2.39. The Morgan fingerprint density at radius 3 is 2.47 bits per heavy atom. The molecule has 1 aromatic rings. The van der Waals surface area contributed by atoms with Gasteiger partial charge >= 0.3 is 0 Å². The second kappa shape index (κ2) is 6.12. The number of hydrogen-bond donors (Lipinski definition) is 0. The zero-order valence-corrected chi connectivity index (χ0v) is 12.5. The van der Waals surface area contributed by atoms with Crippen molar-refractivity contribution in [2.24, 2.45) is 11.8 Å². The summed E-state index contributed by atoms with van der Waals surface area (Å²) >= 11 is 2.99. The minimum atomic E-state index is -0.979. The molecule has 2 rings (SSSR count). The Hall–Kier alpha value is -0.770.